The summed E-state index contributed by atoms with van der Waals surface area (Å²) in [4.78, 5) is 59.4. The van der Waals surface area contributed by atoms with Crippen LogP contribution in [0.2, 0.25) is 0 Å². The maximum Gasteiger partial charge on any atom is 0.274 e. The molecule has 17 nitrogen and oxygen atoms in total. The second-order valence-corrected chi connectivity index (χ2v) is 13.5. The van der Waals surface area contributed by atoms with Crippen molar-refractivity contribution in [3.63, 3.8) is 0 Å². The fourth-order valence-electron chi connectivity index (χ4n) is 5.66. The Morgan fingerprint density at radius 3 is 2.44 bits per heavy atom. The normalized spacial score (nSPS) is 12.9. The number of methoxy groups -OCH3 is 1. The van der Waals surface area contributed by atoms with Gasteiger partial charge in [-0.2, -0.15) is 5.10 Å². The Bertz CT molecular complexity index is 2140. The lowest BCUT2D eigenvalue weighted by Crippen LogP contribution is -2.54. The number of aliphatic hydroxyl groups excluding tert-OH is 1. The largest absolute Gasteiger partial charge is 0.495 e. The van der Waals surface area contributed by atoms with Crippen molar-refractivity contribution in [2.45, 2.75) is 51.4 Å². The van der Waals surface area contributed by atoms with Gasteiger partial charge >= 0.3 is 0 Å². The first-order chi connectivity index (χ1) is 27.5. The van der Waals surface area contributed by atoms with Crippen molar-refractivity contribution in [2.24, 2.45) is 11.7 Å². The number of nitrogens with two attached hydrogens (primary N) is 1. The van der Waals surface area contributed by atoms with Crippen LogP contribution in [0.4, 0.5) is 5.69 Å². The number of nitrogens with one attached hydrogen (secondary N) is 3. The van der Waals surface area contributed by atoms with Crippen molar-refractivity contribution in [2.75, 3.05) is 45.4 Å². The summed E-state index contributed by atoms with van der Waals surface area (Å²) in [5.41, 5.74) is 8.63. The molecule has 17 heteroatoms. The summed E-state index contributed by atoms with van der Waals surface area (Å²) < 4.78 is 23.4. The molecular formula is C40H48N8O9. The van der Waals surface area contributed by atoms with Gasteiger partial charge in [0.2, 0.25) is 11.8 Å². The highest BCUT2D eigenvalue weighted by Gasteiger charge is 2.28. The number of aromatic nitrogens is 4. The summed E-state index contributed by atoms with van der Waals surface area (Å²) in [5, 5.41) is 23.1. The first-order valence-electron chi connectivity index (χ1n) is 18.5. The quantitative estimate of drug-likeness (QED) is 0.0673. The number of aliphatic hydroxyl groups is 1. The minimum Gasteiger partial charge on any atom is -0.495 e. The molecule has 3 amide bonds. The molecule has 3 aromatic heterocycles. The van der Waals surface area contributed by atoms with E-state index in [9.17, 15) is 24.3 Å². The zero-order valence-corrected chi connectivity index (χ0v) is 32.1. The number of amides is 3. The van der Waals surface area contributed by atoms with Gasteiger partial charge in [-0.15, -0.1) is 0 Å². The van der Waals surface area contributed by atoms with Crippen molar-refractivity contribution >= 4 is 34.5 Å². The Morgan fingerprint density at radius 1 is 0.947 bits per heavy atom. The van der Waals surface area contributed by atoms with Gasteiger partial charge in [-0.1, -0.05) is 44.2 Å². The molecule has 3 heterocycles. The second-order valence-electron chi connectivity index (χ2n) is 13.5. The van der Waals surface area contributed by atoms with Crippen LogP contribution in [0.3, 0.4) is 0 Å². The van der Waals surface area contributed by atoms with Crippen LogP contribution in [-0.4, -0.2) is 101 Å². The van der Waals surface area contributed by atoms with E-state index in [1.807, 2.05) is 44.2 Å². The number of rotatable bonds is 21. The number of nitrogens with zero attached hydrogens (tertiary/aromatic N) is 4. The first-order valence-corrected chi connectivity index (χ1v) is 18.5. The van der Waals surface area contributed by atoms with E-state index in [2.05, 4.69) is 31.0 Å². The minimum absolute atomic E-state index is 0.0980. The van der Waals surface area contributed by atoms with E-state index in [1.165, 1.54) is 30.1 Å². The van der Waals surface area contributed by atoms with Gasteiger partial charge in [0.05, 0.1) is 46.3 Å². The summed E-state index contributed by atoms with van der Waals surface area (Å²) in [6.07, 6.45) is 0.651. The lowest BCUT2D eigenvalue weighted by molar-refractivity contribution is -0.135. The van der Waals surface area contributed by atoms with E-state index in [-0.39, 0.29) is 62.6 Å². The number of carbonyl (C=O) groups excluding carboxylic acids is 3. The molecule has 3 unspecified atom stereocenters. The van der Waals surface area contributed by atoms with Crippen LogP contribution in [0.5, 0.6) is 5.75 Å². The van der Waals surface area contributed by atoms with Gasteiger partial charge in [0.25, 0.3) is 17.4 Å². The zero-order valence-electron chi connectivity index (χ0n) is 32.1. The third kappa shape index (κ3) is 12.5. The SMILES string of the molecule is COc1ccc(C(=O)Nc2ccc3oc(-c4ccc(=O)n(CCOCCOCCNC(=O)C(CC(C)C)NC(=O)C(O)C(N)Cc5ccccc5)n4)nc3c2)nc1. The molecule has 302 valence electrons. The van der Waals surface area contributed by atoms with Gasteiger partial charge in [-0.3, -0.25) is 19.2 Å². The lowest BCUT2D eigenvalue weighted by Gasteiger charge is -2.24. The van der Waals surface area contributed by atoms with E-state index >= 15 is 0 Å². The van der Waals surface area contributed by atoms with Crippen molar-refractivity contribution in [1.29, 1.82) is 0 Å². The summed E-state index contributed by atoms with van der Waals surface area (Å²) in [5.74, 6) is -0.670. The predicted octanol–water partition coefficient (Wildman–Crippen LogP) is 2.32. The van der Waals surface area contributed by atoms with Gasteiger partial charge in [0.15, 0.2) is 5.58 Å². The average molecular weight is 785 g/mol. The van der Waals surface area contributed by atoms with E-state index in [0.717, 1.165) is 5.56 Å². The topological polar surface area (TPSA) is 235 Å². The average Bonchev–Trinajstić information content (AvgIpc) is 3.64. The molecule has 0 aliphatic rings. The summed E-state index contributed by atoms with van der Waals surface area (Å²) in [6, 6.07) is 18.7. The van der Waals surface area contributed by atoms with Crippen LogP contribution >= 0.6 is 0 Å². The van der Waals surface area contributed by atoms with Gasteiger partial charge in [0.1, 0.15) is 34.8 Å². The van der Waals surface area contributed by atoms with Gasteiger partial charge in [-0.05, 0) is 60.7 Å². The molecule has 3 atom stereocenters. The molecule has 0 bridgehead atoms. The standard InChI is InChI=1S/C40H48N8O9/c1-25(2)21-33(45-39(53)36(50)29(41)22-26-7-5-4-6-8-26)37(51)42-15-17-55-19-20-56-18-16-48-35(49)14-12-31(47-48)40-46-32-23-27(9-13-34(32)57-40)44-38(52)30-11-10-28(54-3)24-43-30/h4-14,23-25,29,33,36,50H,15-22,41H2,1-3H3,(H,42,51)(H,44,52)(H,45,53). The zero-order chi connectivity index (χ0) is 40.7. The van der Waals surface area contributed by atoms with E-state index in [0.29, 0.717) is 41.1 Å². The van der Waals surface area contributed by atoms with Gasteiger partial charge in [-0.25, -0.2) is 14.6 Å². The smallest absolute Gasteiger partial charge is 0.274 e. The molecule has 0 fully saturated rings. The maximum absolute atomic E-state index is 12.9. The number of benzene rings is 2. The maximum atomic E-state index is 12.9. The molecule has 2 aromatic carbocycles. The van der Waals surface area contributed by atoms with Crippen molar-refractivity contribution in [3.05, 3.63) is 101 Å². The molecule has 0 spiro atoms. The molecule has 5 aromatic rings. The molecular weight excluding hydrogens is 736 g/mol. The predicted molar refractivity (Wildman–Crippen MR) is 210 cm³/mol. The third-order valence-electron chi connectivity index (χ3n) is 8.63. The van der Waals surface area contributed by atoms with E-state index in [4.69, 9.17) is 24.4 Å². The molecule has 0 aliphatic heterocycles. The van der Waals surface area contributed by atoms with Crippen LogP contribution in [0.1, 0.15) is 36.3 Å². The van der Waals surface area contributed by atoms with Crippen molar-refractivity contribution in [3.8, 4) is 17.3 Å². The van der Waals surface area contributed by atoms with Crippen molar-refractivity contribution < 1.29 is 38.1 Å². The minimum atomic E-state index is -1.48. The molecule has 57 heavy (non-hydrogen) atoms. The third-order valence-corrected chi connectivity index (χ3v) is 8.63. The highest BCUT2D eigenvalue weighted by atomic mass is 16.5. The summed E-state index contributed by atoms with van der Waals surface area (Å²) >= 11 is 0. The number of pyridine rings is 1. The lowest BCUT2D eigenvalue weighted by atomic mass is 10.00. The van der Waals surface area contributed by atoms with Crippen LogP contribution < -0.4 is 32.0 Å². The molecule has 0 saturated heterocycles. The van der Waals surface area contributed by atoms with Crippen LogP contribution in [-0.2, 0) is 32.0 Å². The Labute approximate surface area is 328 Å². The summed E-state index contributed by atoms with van der Waals surface area (Å²) in [7, 11) is 1.52. The van der Waals surface area contributed by atoms with E-state index in [1.54, 1.807) is 30.3 Å². The highest BCUT2D eigenvalue weighted by Crippen LogP contribution is 2.25. The molecule has 5 rings (SSSR count). The van der Waals surface area contributed by atoms with Gasteiger partial charge < -0.3 is 45.4 Å². The molecule has 0 saturated carbocycles. The fraction of sp³-hybridized carbons (Fsp3) is 0.375. The van der Waals surface area contributed by atoms with E-state index < -0.39 is 35.9 Å². The van der Waals surface area contributed by atoms with Gasteiger partial charge in [0, 0.05) is 24.3 Å². The Balaban J connectivity index is 1.01. The number of ether oxygens (including phenoxy) is 3. The number of oxazole rings is 1. The number of carbonyl (C=O) groups is 3. The van der Waals surface area contributed by atoms with Crippen molar-refractivity contribution in [1.82, 2.24) is 30.4 Å². The summed E-state index contributed by atoms with van der Waals surface area (Å²) in [6.45, 7) is 5.05. The molecule has 0 radical (unpaired) electrons. The number of hydrogen-bond acceptors (Lipinski definition) is 13. The Morgan fingerprint density at radius 2 is 1.72 bits per heavy atom. The van der Waals surface area contributed by atoms with Crippen LogP contribution in [0.15, 0.2) is 88.2 Å². The Hall–Kier alpha value is -6.01. The number of fused-ring (bicyclic) bond motifs is 1. The number of anilines is 1. The van der Waals surface area contributed by atoms with Crippen LogP contribution in [0, 0.1) is 5.92 Å². The highest BCUT2D eigenvalue weighted by molar-refractivity contribution is 6.03. The first kappa shape index (κ1) is 42.1. The second kappa shape index (κ2) is 20.8. The Kier molecular flexibility index (Phi) is 15.4. The molecule has 6 N–H and O–H groups in total. The monoisotopic (exact) mass is 784 g/mol. The number of hydrogen-bond donors (Lipinski definition) is 5. The van der Waals surface area contributed by atoms with Crippen LogP contribution in [0.25, 0.3) is 22.7 Å². The fourth-order valence-corrected chi connectivity index (χ4v) is 5.66. The molecule has 0 aliphatic carbocycles.